The molecule has 1 heterocycles. The summed E-state index contributed by atoms with van der Waals surface area (Å²) in [6.07, 6.45) is 1.32. The van der Waals surface area contributed by atoms with E-state index in [1.807, 2.05) is 30.3 Å². The molecule has 0 aliphatic heterocycles. The van der Waals surface area contributed by atoms with Crippen LogP contribution in [0, 0.1) is 0 Å². The number of halogens is 1. The minimum absolute atomic E-state index is 0.0783. The lowest BCUT2D eigenvalue weighted by atomic mass is 10.1. The molecule has 4 N–H and O–H groups in total. The molecule has 0 fully saturated rings. The van der Waals surface area contributed by atoms with Gasteiger partial charge in [-0.2, -0.15) is 0 Å². The standard InChI is InChI=1S/C12H13ClN4O/c13-11-10(14)12(16-7-15-11)17-9(6-18)8-4-2-1-3-5-8/h1-5,7,9,18H,6,14H2,(H,15,16,17). The van der Waals surface area contributed by atoms with Crippen LogP contribution in [-0.2, 0) is 0 Å². The molecule has 1 unspecified atom stereocenters. The van der Waals surface area contributed by atoms with Crippen LogP contribution in [0.2, 0.25) is 5.15 Å². The molecule has 0 amide bonds. The van der Waals surface area contributed by atoms with E-state index in [1.54, 1.807) is 0 Å². The lowest BCUT2D eigenvalue weighted by Crippen LogP contribution is -2.16. The molecule has 0 saturated heterocycles. The monoisotopic (exact) mass is 264 g/mol. The van der Waals surface area contributed by atoms with Gasteiger partial charge in [0.05, 0.1) is 12.6 Å². The van der Waals surface area contributed by atoms with E-state index in [1.165, 1.54) is 6.33 Å². The Bertz CT molecular complexity index is 521. The molecule has 0 bridgehead atoms. The first-order chi connectivity index (χ1) is 8.72. The Morgan fingerprint density at radius 2 is 2.00 bits per heavy atom. The molecule has 1 aromatic carbocycles. The maximum absolute atomic E-state index is 9.42. The Morgan fingerprint density at radius 1 is 1.28 bits per heavy atom. The highest BCUT2D eigenvalue weighted by atomic mass is 35.5. The minimum atomic E-state index is -0.292. The molecule has 1 atom stereocenters. The number of anilines is 2. The summed E-state index contributed by atoms with van der Waals surface area (Å²) >= 11 is 5.81. The second kappa shape index (κ2) is 5.66. The van der Waals surface area contributed by atoms with E-state index in [9.17, 15) is 5.11 Å². The van der Waals surface area contributed by atoms with Gasteiger partial charge in [-0.1, -0.05) is 41.9 Å². The smallest absolute Gasteiger partial charge is 0.157 e. The molecule has 0 radical (unpaired) electrons. The van der Waals surface area contributed by atoms with Crippen molar-refractivity contribution in [2.45, 2.75) is 6.04 Å². The number of nitrogen functional groups attached to an aromatic ring is 1. The Kier molecular flexibility index (Phi) is 3.96. The summed E-state index contributed by atoms with van der Waals surface area (Å²) in [6.45, 7) is -0.0783. The number of aromatic nitrogens is 2. The van der Waals surface area contributed by atoms with E-state index >= 15 is 0 Å². The lowest BCUT2D eigenvalue weighted by molar-refractivity contribution is 0.276. The number of hydrogen-bond donors (Lipinski definition) is 3. The Labute approximate surface area is 110 Å². The third kappa shape index (κ3) is 2.69. The molecule has 0 saturated carbocycles. The van der Waals surface area contributed by atoms with E-state index in [-0.39, 0.29) is 23.5 Å². The van der Waals surface area contributed by atoms with Gasteiger partial charge in [0.1, 0.15) is 12.0 Å². The van der Waals surface area contributed by atoms with Gasteiger partial charge in [-0.15, -0.1) is 0 Å². The zero-order valence-electron chi connectivity index (χ0n) is 9.55. The molecule has 0 aliphatic carbocycles. The molecular formula is C12H13ClN4O. The van der Waals surface area contributed by atoms with Crippen LogP contribution in [0.25, 0.3) is 0 Å². The fourth-order valence-electron chi connectivity index (χ4n) is 1.57. The summed E-state index contributed by atoms with van der Waals surface area (Å²) in [6, 6.07) is 9.24. The van der Waals surface area contributed by atoms with Gasteiger partial charge < -0.3 is 16.2 Å². The number of nitrogens with zero attached hydrogens (tertiary/aromatic N) is 2. The van der Waals surface area contributed by atoms with Gasteiger partial charge in [-0.3, -0.25) is 0 Å². The number of aliphatic hydroxyl groups excluding tert-OH is 1. The van der Waals surface area contributed by atoms with E-state index < -0.39 is 0 Å². The largest absolute Gasteiger partial charge is 0.394 e. The van der Waals surface area contributed by atoms with E-state index in [2.05, 4.69) is 15.3 Å². The van der Waals surface area contributed by atoms with Gasteiger partial charge in [0.25, 0.3) is 0 Å². The van der Waals surface area contributed by atoms with E-state index in [0.29, 0.717) is 5.82 Å². The number of benzene rings is 1. The Balaban J connectivity index is 2.24. The van der Waals surface area contributed by atoms with Crippen LogP contribution >= 0.6 is 11.6 Å². The van der Waals surface area contributed by atoms with Crippen molar-refractivity contribution in [1.29, 1.82) is 0 Å². The van der Waals surface area contributed by atoms with E-state index in [0.717, 1.165) is 5.56 Å². The lowest BCUT2D eigenvalue weighted by Gasteiger charge is -2.18. The molecule has 2 aromatic rings. The summed E-state index contributed by atoms with van der Waals surface area (Å²) in [5.74, 6) is 0.415. The molecule has 18 heavy (non-hydrogen) atoms. The number of nitrogens with one attached hydrogen (secondary N) is 1. The maximum Gasteiger partial charge on any atom is 0.157 e. The molecule has 94 valence electrons. The van der Waals surface area contributed by atoms with Crippen LogP contribution in [0.5, 0.6) is 0 Å². The zero-order valence-corrected chi connectivity index (χ0v) is 10.3. The van der Waals surface area contributed by atoms with Crippen molar-refractivity contribution in [3.8, 4) is 0 Å². The van der Waals surface area contributed by atoms with Gasteiger partial charge in [-0.05, 0) is 5.56 Å². The number of rotatable bonds is 4. The highest BCUT2D eigenvalue weighted by molar-refractivity contribution is 6.32. The quantitative estimate of drug-likeness (QED) is 0.734. The number of nitrogens with two attached hydrogens (primary N) is 1. The van der Waals surface area contributed by atoms with Gasteiger partial charge >= 0.3 is 0 Å². The first kappa shape index (κ1) is 12.6. The highest BCUT2D eigenvalue weighted by Gasteiger charge is 2.13. The maximum atomic E-state index is 9.42. The topological polar surface area (TPSA) is 84.1 Å². The summed E-state index contributed by atoms with van der Waals surface area (Å²) in [4.78, 5) is 7.78. The van der Waals surface area contributed by atoms with Crippen molar-refractivity contribution in [3.63, 3.8) is 0 Å². The molecule has 2 rings (SSSR count). The third-order valence-electron chi connectivity index (χ3n) is 2.53. The van der Waals surface area contributed by atoms with Crippen LogP contribution < -0.4 is 11.1 Å². The van der Waals surface area contributed by atoms with Gasteiger partial charge in [0, 0.05) is 0 Å². The van der Waals surface area contributed by atoms with Crippen LogP contribution in [0.3, 0.4) is 0 Å². The third-order valence-corrected chi connectivity index (χ3v) is 2.83. The van der Waals surface area contributed by atoms with Gasteiger partial charge in [-0.25, -0.2) is 9.97 Å². The molecule has 5 nitrogen and oxygen atoms in total. The van der Waals surface area contributed by atoms with E-state index in [4.69, 9.17) is 17.3 Å². The summed E-state index contributed by atoms with van der Waals surface area (Å²) < 4.78 is 0. The van der Waals surface area contributed by atoms with Crippen LogP contribution in [0.15, 0.2) is 36.7 Å². The normalized spacial score (nSPS) is 12.1. The van der Waals surface area contributed by atoms with Crippen molar-refractivity contribution >= 4 is 23.1 Å². The predicted octanol–water partition coefficient (Wildman–Crippen LogP) is 1.86. The van der Waals surface area contributed by atoms with Crippen LogP contribution in [0.1, 0.15) is 11.6 Å². The molecule has 0 aliphatic rings. The fourth-order valence-corrected chi connectivity index (χ4v) is 1.71. The zero-order chi connectivity index (χ0) is 13.0. The van der Waals surface area contributed by atoms with Gasteiger partial charge in [0.15, 0.2) is 11.0 Å². The second-order valence-electron chi connectivity index (χ2n) is 3.72. The predicted molar refractivity (Wildman–Crippen MR) is 71.3 cm³/mol. The second-order valence-corrected chi connectivity index (χ2v) is 4.07. The summed E-state index contributed by atoms with van der Waals surface area (Å²) in [5.41, 5.74) is 6.97. The molecular weight excluding hydrogens is 252 g/mol. The fraction of sp³-hybridized carbons (Fsp3) is 0.167. The molecule has 6 heteroatoms. The molecule has 1 aromatic heterocycles. The number of aliphatic hydroxyl groups is 1. The van der Waals surface area contributed by atoms with Gasteiger partial charge in [0.2, 0.25) is 0 Å². The molecule has 0 spiro atoms. The van der Waals surface area contributed by atoms with Crippen molar-refractivity contribution in [3.05, 3.63) is 47.4 Å². The number of hydrogen-bond acceptors (Lipinski definition) is 5. The average Bonchev–Trinajstić information content (AvgIpc) is 2.41. The van der Waals surface area contributed by atoms with Crippen LogP contribution in [-0.4, -0.2) is 21.7 Å². The van der Waals surface area contributed by atoms with Crippen LogP contribution in [0.4, 0.5) is 11.5 Å². The van der Waals surface area contributed by atoms with Crippen molar-refractivity contribution in [2.24, 2.45) is 0 Å². The average molecular weight is 265 g/mol. The minimum Gasteiger partial charge on any atom is -0.394 e. The SMILES string of the molecule is Nc1c(Cl)ncnc1NC(CO)c1ccccc1. The first-order valence-electron chi connectivity index (χ1n) is 5.40. The van der Waals surface area contributed by atoms with Crippen molar-refractivity contribution < 1.29 is 5.11 Å². The Morgan fingerprint density at radius 3 is 2.67 bits per heavy atom. The summed E-state index contributed by atoms with van der Waals surface area (Å²) in [5, 5.41) is 12.7. The highest BCUT2D eigenvalue weighted by Crippen LogP contribution is 2.25. The van der Waals surface area contributed by atoms with Crippen molar-refractivity contribution in [2.75, 3.05) is 17.7 Å². The summed E-state index contributed by atoms with van der Waals surface area (Å²) in [7, 11) is 0. The van der Waals surface area contributed by atoms with Crippen molar-refractivity contribution in [1.82, 2.24) is 9.97 Å². The first-order valence-corrected chi connectivity index (χ1v) is 5.78. The Hall–Kier alpha value is -1.85.